The van der Waals surface area contributed by atoms with Gasteiger partial charge in [0, 0.05) is 74.3 Å². The van der Waals surface area contributed by atoms with Crippen LogP contribution in [0.2, 0.25) is 0 Å². The molecule has 0 spiro atoms. The van der Waals surface area contributed by atoms with Crippen LogP contribution in [-0.4, -0.2) is 75.6 Å². The predicted octanol–water partition coefficient (Wildman–Crippen LogP) is 7.24. The van der Waals surface area contributed by atoms with Crippen molar-refractivity contribution in [1.82, 2.24) is 19.2 Å². The summed E-state index contributed by atoms with van der Waals surface area (Å²) >= 11 is 0. The minimum absolute atomic E-state index is 0.113. The highest BCUT2D eigenvalue weighted by Crippen LogP contribution is 2.39. The number of hydrogen-bond acceptors (Lipinski definition) is 7. The summed E-state index contributed by atoms with van der Waals surface area (Å²) in [7, 11) is 1.91. The Morgan fingerprint density at radius 2 is 1.64 bits per heavy atom. The van der Waals surface area contributed by atoms with Crippen molar-refractivity contribution in [3.63, 3.8) is 0 Å². The lowest BCUT2D eigenvalue weighted by atomic mass is 9.98. The number of aryl methyl sites for hydroxylation is 2. The molecule has 0 unspecified atom stereocenters. The molecule has 2 aliphatic rings. The first-order valence-electron chi connectivity index (χ1n) is 18.9. The second kappa shape index (κ2) is 15.7. The molecule has 1 N–H and O–H groups in total. The molecule has 0 bridgehead atoms. The summed E-state index contributed by atoms with van der Waals surface area (Å²) in [5, 5.41) is 18.7. The summed E-state index contributed by atoms with van der Waals surface area (Å²) in [5.74, 6) is 0.681. The van der Waals surface area contributed by atoms with E-state index in [4.69, 9.17) is 19.3 Å². The number of aromatic carboxylic acids is 1. The summed E-state index contributed by atoms with van der Waals surface area (Å²) in [6, 6.07) is 28.3. The van der Waals surface area contributed by atoms with Crippen molar-refractivity contribution >= 4 is 39.2 Å². The molecule has 0 atom stereocenters. The van der Waals surface area contributed by atoms with Crippen LogP contribution in [0.5, 0.6) is 11.5 Å². The Morgan fingerprint density at radius 3 is 2.44 bits per heavy atom. The molecule has 4 aromatic carbocycles. The molecule has 0 aliphatic carbocycles. The fourth-order valence-electron chi connectivity index (χ4n) is 7.97. The summed E-state index contributed by atoms with van der Waals surface area (Å²) in [5.41, 5.74) is 6.40. The minimum Gasteiger partial charge on any atom is -0.493 e. The zero-order valence-electron chi connectivity index (χ0n) is 31.2. The number of ether oxygens (including phenoxy) is 3. The summed E-state index contributed by atoms with van der Waals surface area (Å²) in [4.78, 5) is 29.0. The van der Waals surface area contributed by atoms with Crippen molar-refractivity contribution in [2.75, 3.05) is 44.3 Å². The van der Waals surface area contributed by atoms with Crippen LogP contribution in [0.15, 0.2) is 97.1 Å². The molecule has 1 fully saturated rings. The van der Waals surface area contributed by atoms with Gasteiger partial charge >= 0.3 is 5.97 Å². The van der Waals surface area contributed by atoms with Crippen LogP contribution in [0.3, 0.4) is 0 Å². The van der Waals surface area contributed by atoms with Crippen LogP contribution < -0.4 is 14.4 Å². The van der Waals surface area contributed by atoms with Gasteiger partial charge in [0.2, 0.25) is 5.91 Å². The molecule has 8 rings (SSSR count). The van der Waals surface area contributed by atoms with Crippen LogP contribution in [0.4, 0.5) is 5.69 Å². The van der Waals surface area contributed by atoms with Crippen molar-refractivity contribution in [3.05, 3.63) is 120 Å². The molecule has 55 heavy (non-hydrogen) atoms. The molecular weight excluding hydrogens is 695 g/mol. The van der Waals surface area contributed by atoms with E-state index in [0.717, 1.165) is 74.3 Å². The Balaban J connectivity index is 1.09. The van der Waals surface area contributed by atoms with Crippen LogP contribution in [0.25, 0.3) is 32.8 Å². The molecule has 4 heterocycles. The maximum Gasteiger partial charge on any atom is 0.352 e. The number of carbonyl (C=O) groups is 2. The summed E-state index contributed by atoms with van der Waals surface area (Å²) < 4.78 is 22.5. The fourth-order valence-corrected chi connectivity index (χ4v) is 7.97. The van der Waals surface area contributed by atoms with Gasteiger partial charge in [-0.3, -0.25) is 9.48 Å². The van der Waals surface area contributed by atoms with Gasteiger partial charge in [0.25, 0.3) is 0 Å². The standard InChI is InChI=1S/C44H45N5O6/c1-30(50)47-22-24-48(25-23-47)32-17-19-33(20-18-32)55-28-38-41-37-14-8-13-35-36(15-9-27-54-40-16-7-11-31-10-3-4-12-34(31)40)43(44(51)52)49(42(35)37)21-5-6-26-53-29-39(41)46(2)45-38/h3-8,10-14,16-20H,9,15,21-29H2,1-2H3,(H,51,52)/b6-5-. The van der Waals surface area contributed by atoms with Gasteiger partial charge in [0.1, 0.15) is 29.5 Å². The molecule has 1 saturated heterocycles. The van der Waals surface area contributed by atoms with E-state index >= 15 is 0 Å². The van der Waals surface area contributed by atoms with Gasteiger partial charge in [0.15, 0.2) is 0 Å². The number of benzene rings is 4. The van der Waals surface area contributed by atoms with E-state index in [1.165, 1.54) is 0 Å². The molecule has 1 amide bonds. The molecule has 2 aliphatic heterocycles. The Labute approximate surface area is 319 Å². The van der Waals surface area contributed by atoms with Gasteiger partial charge < -0.3 is 33.7 Å². The average Bonchev–Trinajstić information content (AvgIpc) is 3.69. The molecule has 2 aromatic heterocycles. The fraction of sp³-hybridized carbons (Fsp3) is 0.295. The monoisotopic (exact) mass is 739 g/mol. The number of allylic oxidation sites excluding steroid dienone is 1. The predicted molar refractivity (Wildman–Crippen MR) is 213 cm³/mol. The maximum absolute atomic E-state index is 13.1. The Hall–Kier alpha value is -6.07. The third-order valence-corrected chi connectivity index (χ3v) is 10.7. The lowest BCUT2D eigenvalue weighted by molar-refractivity contribution is -0.129. The second-order valence-electron chi connectivity index (χ2n) is 14.0. The molecule has 11 nitrogen and oxygen atoms in total. The molecule has 6 aromatic rings. The number of anilines is 1. The number of carbonyl (C=O) groups excluding carboxylic acids is 1. The number of para-hydroxylation sites is 1. The quantitative estimate of drug-likeness (QED) is 0.116. The van der Waals surface area contributed by atoms with Crippen molar-refractivity contribution in [3.8, 4) is 22.6 Å². The van der Waals surface area contributed by atoms with E-state index in [9.17, 15) is 14.7 Å². The maximum atomic E-state index is 13.1. The largest absolute Gasteiger partial charge is 0.493 e. The molecular formula is C44H45N5O6. The number of aromatic nitrogens is 3. The highest BCUT2D eigenvalue weighted by molar-refractivity contribution is 6.04. The van der Waals surface area contributed by atoms with E-state index in [-0.39, 0.29) is 18.2 Å². The van der Waals surface area contributed by atoms with Crippen LogP contribution in [0, 0.1) is 0 Å². The highest BCUT2D eigenvalue weighted by Gasteiger charge is 2.28. The number of rotatable bonds is 10. The van der Waals surface area contributed by atoms with Crippen molar-refractivity contribution < 1.29 is 28.9 Å². The van der Waals surface area contributed by atoms with E-state index in [0.29, 0.717) is 58.0 Å². The van der Waals surface area contributed by atoms with Gasteiger partial charge in [-0.2, -0.15) is 5.10 Å². The highest BCUT2D eigenvalue weighted by atomic mass is 16.5. The zero-order chi connectivity index (χ0) is 37.9. The van der Waals surface area contributed by atoms with E-state index in [1.807, 2.05) is 87.9 Å². The van der Waals surface area contributed by atoms with Gasteiger partial charge in [0.05, 0.1) is 31.0 Å². The van der Waals surface area contributed by atoms with Crippen molar-refractivity contribution in [1.29, 1.82) is 0 Å². The second-order valence-corrected chi connectivity index (χ2v) is 14.0. The number of carboxylic acids is 1. The molecule has 11 heteroatoms. The SMILES string of the molecule is CC(=O)N1CCN(c2ccc(OCc3nn(C)c4c3-c3cccc5c(CCCOc6cccc7ccccc67)c(C(=O)O)n(c35)C/C=C\COC4)cc2)CC1. The average molecular weight is 740 g/mol. The van der Waals surface area contributed by atoms with Crippen LogP contribution in [-0.2, 0) is 42.8 Å². The summed E-state index contributed by atoms with van der Waals surface area (Å²) in [6.07, 6.45) is 5.09. The summed E-state index contributed by atoms with van der Waals surface area (Å²) in [6.45, 7) is 6.36. The Morgan fingerprint density at radius 1 is 0.873 bits per heavy atom. The minimum atomic E-state index is -0.967. The van der Waals surface area contributed by atoms with Gasteiger partial charge in [-0.05, 0) is 54.1 Å². The first-order chi connectivity index (χ1) is 26.9. The topological polar surface area (TPSA) is 111 Å². The smallest absolute Gasteiger partial charge is 0.352 e. The van der Waals surface area contributed by atoms with Crippen molar-refractivity contribution in [2.45, 2.75) is 39.5 Å². The van der Waals surface area contributed by atoms with Crippen molar-refractivity contribution in [2.24, 2.45) is 7.05 Å². The Kier molecular flexibility index (Phi) is 10.3. The number of carboxylic acid groups (broad SMARTS) is 1. The number of amides is 1. The Bertz CT molecular complexity index is 2380. The first kappa shape index (κ1) is 35.9. The van der Waals surface area contributed by atoms with Gasteiger partial charge in [-0.25, -0.2) is 4.79 Å². The lowest BCUT2D eigenvalue weighted by Crippen LogP contribution is -2.48. The molecule has 0 radical (unpaired) electrons. The molecule has 0 saturated carbocycles. The van der Waals surface area contributed by atoms with E-state index < -0.39 is 5.97 Å². The molecule has 282 valence electrons. The van der Waals surface area contributed by atoms with Gasteiger partial charge in [-0.1, -0.05) is 66.7 Å². The number of fused-ring (bicyclic) bond motifs is 3. The first-order valence-corrected chi connectivity index (χ1v) is 18.9. The van der Waals surface area contributed by atoms with Crippen LogP contribution in [0.1, 0.15) is 40.8 Å². The zero-order valence-corrected chi connectivity index (χ0v) is 31.2. The van der Waals surface area contributed by atoms with E-state index in [1.54, 1.807) is 6.92 Å². The normalized spacial score (nSPS) is 15.1. The number of piperazine rings is 1. The lowest BCUT2D eigenvalue weighted by Gasteiger charge is -2.35. The van der Waals surface area contributed by atoms with Gasteiger partial charge in [-0.15, -0.1) is 0 Å². The third-order valence-electron chi connectivity index (χ3n) is 10.7. The van der Waals surface area contributed by atoms with E-state index in [2.05, 4.69) is 35.2 Å². The van der Waals surface area contributed by atoms with Crippen LogP contribution >= 0.6 is 0 Å². The number of nitrogens with zero attached hydrogens (tertiary/aromatic N) is 5. The number of hydrogen-bond donors (Lipinski definition) is 1. The third kappa shape index (κ3) is 7.27.